The normalized spacial score (nSPS) is 11.4. The molecule has 0 amide bonds. The molecule has 1 heterocycles. The number of para-hydroxylation sites is 4. The monoisotopic (exact) mass is 754 g/mol. The molecule has 11 rings (SSSR count). The fraction of sp³-hybridized carbons (Fsp3) is 0. The molecule has 3 heteroatoms. The molecule has 0 aliphatic heterocycles. The molecule has 278 valence electrons. The van der Waals surface area contributed by atoms with Gasteiger partial charge in [0.1, 0.15) is 11.2 Å². The summed E-state index contributed by atoms with van der Waals surface area (Å²) in [5.74, 6) is 0. The molecular weight excluding hydrogens is 717 g/mol. The molecule has 10 aromatic carbocycles. The highest BCUT2D eigenvalue weighted by molar-refractivity contribution is 6.30. The molecule has 59 heavy (non-hydrogen) atoms. The summed E-state index contributed by atoms with van der Waals surface area (Å²) in [5.41, 5.74) is 13.0. The van der Waals surface area contributed by atoms with Crippen LogP contribution in [0.25, 0.3) is 65.7 Å². The van der Waals surface area contributed by atoms with Crippen LogP contribution < -0.4 is 9.80 Å². The second-order valence-corrected chi connectivity index (χ2v) is 14.9. The number of anilines is 6. The zero-order valence-corrected chi connectivity index (χ0v) is 32.2. The predicted octanol–water partition coefficient (Wildman–Crippen LogP) is 16.2. The van der Waals surface area contributed by atoms with Crippen LogP contribution in [-0.4, -0.2) is 0 Å². The van der Waals surface area contributed by atoms with E-state index in [9.17, 15) is 0 Å². The van der Waals surface area contributed by atoms with Gasteiger partial charge in [-0.05, 0) is 112 Å². The van der Waals surface area contributed by atoms with Crippen LogP contribution in [0.3, 0.4) is 0 Å². The average molecular weight is 755 g/mol. The lowest BCUT2D eigenvalue weighted by atomic mass is 9.94. The highest BCUT2D eigenvalue weighted by Gasteiger charge is 2.20. The summed E-state index contributed by atoms with van der Waals surface area (Å²) < 4.78 is 6.92. The van der Waals surface area contributed by atoms with Gasteiger partial charge in [-0.2, -0.15) is 0 Å². The van der Waals surface area contributed by atoms with E-state index in [0.29, 0.717) is 0 Å². The van der Waals surface area contributed by atoms with Crippen LogP contribution in [0.5, 0.6) is 0 Å². The molecular formula is C56H38N2O. The molecule has 0 N–H and O–H groups in total. The van der Waals surface area contributed by atoms with Gasteiger partial charge in [0.05, 0.1) is 5.69 Å². The Kier molecular flexibility index (Phi) is 8.49. The Labute approximate surface area is 343 Å². The smallest absolute Gasteiger partial charge is 0.143 e. The molecule has 0 aliphatic carbocycles. The van der Waals surface area contributed by atoms with Crippen LogP contribution in [-0.2, 0) is 0 Å². The summed E-state index contributed by atoms with van der Waals surface area (Å²) in [6.07, 6.45) is 0. The molecule has 0 radical (unpaired) electrons. The fourth-order valence-corrected chi connectivity index (χ4v) is 8.70. The molecule has 0 unspecified atom stereocenters. The molecule has 11 aromatic rings. The minimum Gasteiger partial charge on any atom is -0.455 e. The maximum Gasteiger partial charge on any atom is 0.143 e. The molecule has 0 saturated carbocycles. The van der Waals surface area contributed by atoms with E-state index in [2.05, 4.69) is 240 Å². The Morgan fingerprint density at radius 1 is 0.288 bits per heavy atom. The fourth-order valence-electron chi connectivity index (χ4n) is 8.70. The minimum absolute atomic E-state index is 0.864. The summed E-state index contributed by atoms with van der Waals surface area (Å²) in [5, 5.41) is 6.93. The van der Waals surface area contributed by atoms with Gasteiger partial charge in [0.25, 0.3) is 0 Å². The van der Waals surface area contributed by atoms with E-state index in [1.807, 2.05) is 0 Å². The lowest BCUT2D eigenvalue weighted by Gasteiger charge is -2.28. The topological polar surface area (TPSA) is 19.6 Å². The zero-order valence-electron chi connectivity index (χ0n) is 32.2. The van der Waals surface area contributed by atoms with Gasteiger partial charge in [0.2, 0.25) is 0 Å². The first-order chi connectivity index (χ1) is 29.3. The average Bonchev–Trinajstić information content (AvgIpc) is 3.70. The van der Waals surface area contributed by atoms with E-state index < -0.39 is 0 Å². The van der Waals surface area contributed by atoms with E-state index in [1.165, 1.54) is 27.3 Å². The van der Waals surface area contributed by atoms with Gasteiger partial charge in [-0.25, -0.2) is 0 Å². The van der Waals surface area contributed by atoms with Gasteiger partial charge in [-0.1, -0.05) is 146 Å². The lowest BCUT2D eigenvalue weighted by Crippen LogP contribution is -2.11. The van der Waals surface area contributed by atoms with Crippen molar-refractivity contribution < 1.29 is 4.42 Å². The Hall–Kier alpha value is -7.88. The molecule has 0 fully saturated rings. The van der Waals surface area contributed by atoms with E-state index >= 15 is 0 Å². The van der Waals surface area contributed by atoms with Crippen LogP contribution in [0.1, 0.15) is 0 Å². The number of nitrogens with zero attached hydrogens (tertiary/aromatic N) is 2. The summed E-state index contributed by atoms with van der Waals surface area (Å²) in [6.45, 7) is 0. The predicted molar refractivity (Wildman–Crippen MR) is 249 cm³/mol. The summed E-state index contributed by atoms with van der Waals surface area (Å²) >= 11 is 0. The Morgan fingerprint density at radius 2 is 0.797 bits per heavy atom. The summed E-state index contributed by atoms with van der Waals surface area (Å²) in [6, 6.07) is 82.0. The van der Waals surface area contributed by atoms with Crippen molar-refractivity contribution in [2.45, 2.75) is 0 Å². The van der Waals surface area contributed by atoms with Gasteiger partial charge in [-0.15, -0.1) is 0 Å². The minimum atomic E-state index is 0.864. The maximum absolute atomic E-state index is 6.92. The number of fused-ring (bicyclic) bond motifs is 8. The quantitative estimate of drug-likeness (QED) is 0.144. The van der Waals surface area contributed by atoms with Crippen molar-refractivity contribution in [1.82, 2.24) is 0 Å². The van der Waals surface area contributed by atoms with Crippen molar-refractivity contribution in [1.29, 1.82) is 0 Å². The van der Waals surface area contributed by atoms with E-state index in [1.54, 1.807) is 0 Å². The third-order valence-corrected chi connectivity index (χ3v) is 11.4. The zero-order chi connectivity index (χ0) is 39.1. The van der Waals surface area contributed by atoms with Crippen LogP contribution in [0.4, 0.5) is 34.1 Å². The van der Waals surface area contributed by atoms with Crippen LogP contribution in [0, 0.1) is 0 Å². The summed E-state index contributed by atoms with van der Waals surface area (Å²) in [7, 11) is 0. The van der Waals surface area contributed by atoms with E-state index in [0.717, 1.165) is 72.6 Å². The molecule has 3 nitrogen and oxygen atoms in total. The Bertz CT molecular complexity index is 3210. The van der Waals surface area contributed by atoms with Crippen molar-refractivity contribution in [3.63, 3.8) is 0 Å². The lowest BCUT2D eigenvalue weighted by molar-refractivity contribution is 0.673. The van der Waals surface area contributed by atoms with Crippen LogP contribution >= 0.6 is 0 Å². The number of furan rings is 1. The first kappa shape index (κ1) is 34.4. The van der Waals surface area contributed by atoms with Crippen molar-refractivity contribution in [2.24, 2.45) is 0 Å². The molecule has 0 aliphatic rings. The van der Waals surface area contributed by atoms with Gasteiger partial charge in [0, 0.05) is 56.2 Å². The highest BCUT2D eigenvalue weighted by Crippen LogP contribution is 2.45. The Morgan fingerprint density at radius 3 is 1.47 bits per heavy atom. The number of rotatable bonds is 8. The van der Waals surface area contributed by atoms with Crippen LogP contribution in [0.2, 0.25) is 0 Å². The number of hydrogen-bond acceptors (Lipinski definition) is 3. The van der Waals surface area contributed by atoms with E-state index in [-0.39, 0.29) is 0 Å². The molecule has 0 atom stereocenters. The standard InChI is InChI=1S/C56H38N2O/c1-5-17-40(18-6-1)47-25-15-16-28-53(47)58(44-23-11-4-12-24-44)45-32-29-39(30-33-45)41-31-35-50-52(37-41)48-26-13-14-27-49(48)55-51-36-34-46(38-54(51)59-56(50)55)57(42-19-7-2-8-20-42)43-21-9-3-10-22-43/h1-38H. The number of hydrogen-bond donors (Lipinski definition) is 0. The van der Waals surface area contributed by atoms with Crippen molar-refractivity contribution in [2.75, 3.05) is 9.80 Å². The molecule has 0 saturated heterocycles. The highest BCUT2D eigenvalue weighted by atomic mass is 16.3. The second-order valence-electron chi connectivity index (χ2n) is 14.9. The van der Waals surface area contributed by atoms with Gasteiger partial charge in [-0.3, -0.25) is 0 Å². The second kappa shape index (κ2) is 14.6. The molecule has 0 bridgehead atoms. The SMILES string of the molecule is c1ccc(-c2ccccc2N(c2ccccc2)c2ccc(-c3ccc4c(c3)c3ccccc3c3c5ccc(N(c6ccccc6)c6ccccc6)cc5oc43)cc2)cc1. The van der Waals surface area contributed by atoms with Crippen molar-refractivity contribution in [3.05, 3.63) is 231 Å². The van der Waals surface area contributed by atoms with Crippen LogP contribution in [0.15, 0.2) is 235 Å². The first-order valence-electron chi connectivity index (χ1n) is 20.1. The first-order valence-corrected chi connectivity index (χ1v) is 20.1. The molecule has 1 aromatic heterocycles. The largest absolute Gasteiger partial charge is 0.455 e. The Balaban J connectivity index is 1.02. The van der Waals surface area contributed by atoms with Gasteiger partial charge < -0.3 is 14.2 Å². The maximum atomic E-state index is 6.92. The number of benzene rings is 10. The third-order valence-electron chi connectivity index (χ3n) is 11.4. The summed E-state index contributed by atoms with van der Waals surface area (Å²) in [4.78, 5) is 4.63. The van der Waals surface area contributed by atoms with Gasteiger partial charge in [0.15, 0.2) is 0 Å². The van der Waals surface area contributed by atoms with Crippen molar-refractivity contribution >= 4 is 77.6 Å². The van der Waals surface area contributed by atoms with Crippen molar-refractivity contribution in [3.8, 4) is 22.3 Å². The van der Waals surface area contributed by atoms with Gasteiger partial charge >= 0.3 is 0 Å². The molecule has 0 spiro atoms. The van der Waals surface area contributed by atoms with E-state index in [4.69, 9.17) is 4.42 Å². The third kappa shape index (κ3) is 6.08.